The summed E-state index contributed by atoms with van der Waals surface area (Å²) in [5, 5.41) is 35.2. The number of rotatable bonds is 7. The summed E-state index contributed by atoms with van der Waals surface area (Å²) in [6.45, 7) is -0.412. The van der Waals surface area contributed by atoms with Crippen LogP contribution in [0, 0.1) is 0 Å². The maximum absolute atomic E-state index is 10.2. The van der Waals surface area contributed by atoms with Gasteiger partial charge in [-0.1, -0.05) is 0 Å². The highest BCUT2D eigenvalue weighted by molar-refractivity contribution is 5.66. The van der Waals surface area contributed by atoms with Gasteiger partial charge in [-0.15, -0.1) is 0 Å². The van der Waals surface area contributed by atoms with Crippen molar-refractivity contribution < 1.29 is 30.0 Å². The zero-order chi connectivity index (χ0) is 10.3. The smallest absolute Gasteiger partial charge is 0.309 e. The van der Waals surface area contributed by atoms with Crippen LogP contribution in [0.4, 0.5) is 0 Å². The monoisotopic (exact) mass is 194 g/mol. The molecule has 0 rings (SSSR count). The average Bonchev–Trinajstić information content (AvgIpc) is 2.02. The lowest BCUT2D eigenvalue weighted by molar-refractivity contribution is -1.10. The standard InChI is InChI=1S/C7H15NO5/c9-5-3-8(13,4-6-10)2-1-7(11)12/h9-10,13H,1-6H2/p+1. The average molecular weight is 194 g/mol. The number of carboxylic acids is 1. The molecule has 0 aromatic carbocycles. The topological polar surface area (TPSA) is 98.0 Å². The molecule has 0 atom stereocenters. The molecule has 0 aliphatic carbocycles. The minimum absolute atomic E-state index is 0.00352. The van der Waals surface area contributed by atoms with Crippen molar-refractivity contribution in [3.8, 4) is 0 Å². The number of aliphatic hydroxyl groups excluding tert-OH is 2. The number of hydrogen-bond acceptors (Lipinski definition) is 4. The van der Waals surface area contributed by atoms with Crippen LogP contribution in [0.15, 0.2) is 0 Å². The Morgan fingerprint density at radius 1 is 1.08 bits per heavy atom. The van der Waals surface area contributed by atoms with E-state index < -0.39 is 10.6 Å². The van der Waals surface area contributed by atoms with Gasteiger partial charge in [0.1, 0.15) is 19.6 Å². The zero-order valence-corrected chi connectivity index (χ0v) is 7.39. The second kappa shape index (κ2) is 5.87. The summed E-state index contributed by atoms with van der Waals surface area (Å²) >= 11 is 0. The van der Waals surface area contributed by atoms with E-state index in [-0.39, 0.29) is 39.3 Å². The number of hydrogen-bond donors (Lipinski definition) is 4. The minimum Gasteiger partial charge on any atom is -0.481 e. The Hall–Kier alpha value is -0.690. The van der Waals surface area contributed by atoms with Crippen molar-refractivity contribution in [1.82, 2.24) is 0 Å². The summed E-state index contributed by atoms with van der Waals surface area (Å²) in [7, 11) is 0. The maximum atomic E-state index is 10.2. The number of aliphatic carboxylic acids is 1. The highest BCUT2D eigenvalue weighted by Gasteiger charge is 2.25. The van der Waals surface area contributed by atoms with Gasteiger partial charge < -0.3 is 15.3 Å². The molecule has 0 aliphatic rings. The van der Waals surface area contributed by atoms with Gasteiger partial charge in [0.05, 0.1) is 19.6 Å². The van der Waals surface area contributed by atoms with E-state index in [4.69, 9.17) is 15.3 Å². The maximum Gasteiger partial charge on any atom is 0.309 e. The third kappa shape index (κ3) is 5.53. The number of nitrogens with zero attached hydrogens (tertiary/aromatic N) is 1. The van der Waals surface area contributed by atoms with Gasteiger partial charge in [-0.3, -0.25) is 4.79 Å². The predicted molar refractivity (Wildman–Crippen MR) is 43.1 cm³/mol. The third-order valence-corrected chi connectivity index (χ3v) is 1.77. The van der Waals surface area contributed by atoms with Gasteiger partial charge in [-0.2, -0.15) is 4.65 Å². The number of hydroxylamine groups is 3. The van der Waals surface area contributed by atoms with Crippen LogP contribution >= 0.6 is 0 Å². The lowest BCUT2D eigenvalue weighted by Crippen LogP contribution is -2.49. The van der Waals surface area contributed by atoms with Gasteiger partial charge >= 0.3 is 5.97 Å². The second-order valence-electron chi connectivity index (χ2n) is 2.86. The molecule has 0 spiro atoms. The first-order valence-electron chi connectivity index (χ1n) is 4.06. The van der Waals surface area contributed by atoms with Crippen molar-refractivity contribution in [1.29, 1.82) is 0 Å². The first-order valence-corrected chi connectivity index (χ1v) is 4.06. The van der Waals surface area contributed by atoms with Gasteiger partial charge in [-0.25, -0.2) is 5.21 Å². The Balaban J connectivity index is 3.98. The Morgan fingerprint density at radius 3 is 1.85 bits per heavy atom. The van der Waals surface area contributed by atoms with E-state index in [2.05, 4.69) is 0 Å². The Labute approximate surface area is 76.2 Å². The summed E-state index contributed by atoms with van der Waals surface area (Å²) in [5.41, 5.74) is 0. The largest absolute Gasteiger partial charge is 0.481 e. The van der Waals surface area contributed by atoms with Gasteiger partial charge in [0.15, 0.2) is 0 Å². The van der Waals surface area contributed by atoms with E-state index in [1.54, 1.807) is 0 Å². The van der Waals surface area contributed by atoms with Crippen LogP contribution in [0.1, 0.15) is 6.42 Å². The molecule has 0 unspecified atom stereocenters. The molecule has 0 aromatic rings. The third-order valence-electron chi connectivity index (χ3n) is 1.77. The summed E-state index contributed by atoms with van der Waals surface area (Å²) < 4.78 is -0.598. The Bertz CT molecular complexity index is 155. The molecular formula is C7H16NO5+. The second-order valence-corrected chi connectivity index (χ2v) is 2.86. The summed E-state index contributed by atoms with van der Waals surface area (Å²) in [5.74, 6) is -1.01. The van der Waals surface area contributed by atoms with Crippen LogP contribution in [0.3, 0.4) is 0 Å². The molecule has 4 N–H and O–H groups in total. The van der Waals surface area contributed by atoms with Crippen LogP contribution in [0.25, 0.3) is 0 Å². The van der Waals surface area contributed by atoms with E-state index in [0.29, 0.717) is 0 Å². The first-order chi connectivity index (χ1) is 6.04. The first kappa shape index (κ1) is 12.3. The SMILES string of the molecule is O=C(O)CC[N+](O)(CCO)CCO. The lowest BCUT2D eigenvalue weighted by Gasteiger charge is -2.28. The minimum atomic E-state index is -1.01. The van der Waals surface area contributed by atoms with Gasteiger partial charge in [0, 0.05) is 0 Å². The fourth-order valence-electron chi connectivity index (χ4n) is 1.01. The number of carboxylic acid groups (broad SMARTS) is 1. The lowest BCUT2D eigenvalue weighted by atomic mass is 10.3. The normalized spacial score (nSPS) is 11.6. The zero-order valence-electron chi connectivity index (χ0n) is 7.39. The molecular weight excluding hydrogens is 178 g/mol. The molecule has 0 saturated heterocycles. The number of carbonyl (C=O) groups is 1. The molecule has 0 aliphatic heterocycles. The molecule has 6 heteroatoms. The molecule has 0 radical (unpaired) electrons. The molecule has 0 fully saturated rings. The fourth-order valence-corrected chi connectivity index (χ4v) is 1.01. The van der Waals surface area contributed by atoms with E-state index in [0.717, 1.165) is 0 Å². The van der Waals surface area contributed by atoms with Crippen LogP contribution in [0.2, 0.25) is 0 Å². The summed E-state index contributed by atoms with van der Waals surface area (Å²) in [4.78, 5) is 10.2. The van der Waals surface area contributed by atoms with Crippen molar-refractivity contribution in [2.75, 3.05) is 32.8 Å². The predicted octanol–water partition coefficient (Wildman–Crippen LogP) is -1.35. The number of aliphatic hydroxyl groups is 2. The van der Waals surface area contributed by atoms with Crippen molar-refractivity contribution in [2.24, 2.45) is 0 Å². The van der Waals surface area contributed by atoms with Gasteiger partial charge in [0.2, 0.25) is 0 Å². The van der Waals surface area contributed by atoms with Crippen molar-refractivity contribution in [3.63, 3.8) is 0 Å². The van der Waals surface area contributed by atoms with E-state index in [1.165, 1.54) is 0 Å². The van der Waals surface area contributed by atoms with E-state index in [1.807, 2.05) is 0 Å². The van der Waals surface area contributed by atoms with Gasteiger partial charge in [0.25, 0.3) is 0 Å². The van der Waals surface area contributed by atoms with Crippen LogP contribution in [0.5, 0.6) is 0 Å². The van der Waals surface area contributed by atoms with Crippen molar-refractivity contribution in [3.05, 3.63) is 0 Å². The fraction of sp³-hybridized carbons (Fsp3) is 0.857. The highest BCUT2D eigenvalue weighted by Crippen LogP contribution is 2.02. The molecule has 0 amide bonds. The van der Waals surface area contributed by atoms with Crippen LogP contribution < -0.4 is 0 Å². The molecule has 78 valence electrons. The molecule has 0 heterocycles. The van der Waals surface area contributed by atoms with E-state index >= 15 is 0 Å². The molecule has 6 nitrogen and oxygen atoms in total. The van der Waals surface area contributed by atoms with Crippen LogP contribution in [-0.4, -0.2) is 64.0 Å². The molecule has 0 bridgehead atoms. The number of quaternary nitrogens is 1. The van der Waals surface area contributed by atoms with Crippen molar-refractivity contribution >= 4 is 5.97 Å². The Morgan fingerprint density at radius 2 is 1.54 bits per heavy atom. The van der Waals surface area contributed by atoms with Gasteiger partial charge in [-0.05, 0) is 0 Å². The Kier molecular flexibility index (Phi) is 5.56. The highest BCUT2D eigenvalue weighted by atomic mass is 16.5. The van der Waals surface area contributed by atoms with E-state index in [9.17, 15) is 10.0 Å². The van der Waals surface area contributed by atoms with Crippen molar-refractivity contribution in [2.45, 2.75) is 6.42 Å². The quantitative estimate of drug-likeness (QED) is 0.297. The molecule has 0 aromatic heterocycles. The molecule has 13 heavy (non-hydrogen) atoms. The molecule has 0 saturated carbocycles. The summed E-state index contributed by atoms with van der Waals surface area (Å²) in [6, 6.07) is 0. The summed E-state index contributed by atoms with van der Waals surface area (Å²) in [6.07, 6.45) is -0.184. The van der Waals surface area contributed by atoms with Crippen LogP contribution in [-0.2, 0) is 4.79 Å².